The Morgan fingerprint density at radius 1 is 0.321 bits per heavy atom. The molecule has 14 aromatic rings. The maximum Gasteiger partial charge on any atom is 0.162 e. The van der Waals surface area contributed by atoms with Gasteiger partial charge in [-0.25, -0.2) is 0 Å². The molecule has 3 aromatic heterocycles. The number of fused-ring (bicyclic) bond motifs is 10. The Labute approximate surface area is 456 Å². The summed E-state index contributed by atoms with van der Waals surface area (Å²) in [5, 5.41) is 6.88. The van der Waals surface area contributed by atoms with Crippen LogP contribution in [-0.2, 0) is 10.8 Å². The molecule has 78 heavy (non-hydrogen) atoms. The first kappa shape index (κ1) is 47.1. The van der Waals surface area contributed by atoms with Gasteiger partial charge in [0.05, 0.1) is 16.4 Å². The van der Waals surface area contributed by atoms with Gasteiger partial charge in [-0.3, -0.25) is 0 Å². The topological polar surface area (TPSA) is 24.0 Å². The molecule has 0 aliphatic rings. The Morgan fingerprint density at radius 3 is 1.31 bits per heavy atom. The number of aromatic nitrogens is 1. The van der Waals surface area contributed by atoms with Gasteiger partial charge in [-0.1, -0.05) is 199 Å². The molecular weight excluding hydrogens is 947 g/mol. The van der Waals surface area contributed by atoms with Crippen LogP contribution in [-0.4, -0.2) is 4.40 Å². The predicted octanol–water partition coefficient (Wildman–Crippen LogP) is 21.3. The smallest absolute Gasteiger partial charge is 0.162 e. The summed E-state index contributed by atoms with van der Waals surface area (Å²) in [4.78, 5) is 4.83. The van der Waals surface area contributed by atoms with Gasteiger partial charge in [0.15, 0.2) is 5.58 Å². The summed E-state index contributed by atoms with van der Waals surface area (Å²) in [5.41, 5.74) is 21.3. The van der Waals surface area contributed by atoms with Crippen LogP contribution >= 0.6 is 0 Å². The summed E-state index contributed by atoms with van der Waals surface area (Å²) in [7, 11) is 0. The monoisotopic (exact) mass is 1010 g/mol. The van der Waals surface area contributed by atoms with E-state index in [1.807, 2.05) is 0 Å². The van der Waals surface area contributed by atoms with Gasteiger partial charge >= 0.3 is 0 Å². The Kier molecular flexibility index (Phi) is 11.0. The molecule has 0 unspecified atom stereocenters. The summed E-state index contributed by atoms with van der Waals surface area (Å²) < 4.78 is 9.75. The highest BCUT2D eigenvalue weighted by Gasteiger charge is 2.27. The molecule has 0 amide bonds. The average molecular weight is 1010 g/mol. The molecular formula is C74H59N3O. The van der Waals surface area contributed by atoms with Crippen molar-refractivity contribution in [2.75, 3.05) is 9.80 Å². The highest BCUT2D eigenvalue weighted by atomic mass is 16.3. The van der Waals surface area contributed by atoms with E-state index in [2.05, 4.69) is 304 Å². The van der Waals surface area contributed by atoms with Crippen LogP contribution in [0.4, 0.5) is 34.1 Å². The van der Waals surface area contributed by atoms with Crippen LogP contribution in [0.15, 0.2) is 253 Å². The molecule has 0 saturated carbocycles. The third-order valence-corrected chi connectivity index (χ3v) is 16.0. The zero-order valence-corrected chi connectivity index (χ0v) is 44.9. The van der Waals surface area contributed by atoms with E-state index in [9.17, 15) is 0 Å². The Bertz CT molecular complexity index is 4540. The molecule has 0 saturated heterocycles. The van der Waals surface area contributed by atoms with Gasteiger partial charge in [-0.2, -0.15) is 0 Å². The molecule has 0 aliphatic heterocycles. The third-order valence-electron chi connectivity index (χ3n) is 16.0. The lowest BCUT2D eigenvalue weighted by Crippen LogP contribution is -2.13. The van der Waals surface area contributed by atoms with Crippen molar-refractivity contribution in [3.05, 3.63) is 260 Å². The standard InChI is InChI=1S/C74H59N3O/c1-73(2,3)55-30-35-57(36-31-55)75(59-26-16-24-51(42-59)48-18-10-7-11-19-48)61-34-28-54-45-65-63-40-39-62(76(58-37-32-56(33-38-58)74(4,5)6)60-27-17-25-52(43-60)49-20-12-8-13-21-49)47-67(63)77-70(65)69(64(54)46-61)72-71(77)66-44-53(29-41-68(66)78-72)50-22-14-9-15-23-50/h7-47H,1-6H3. The second-order valence-corrected chi connectivity index (χ2v) is 23.0. The lowest BCUT2D eigenvalue weighted by molar-refractivity contribution is 0.590. The quantitative estimate of drug-likeness (QED) is 0.144. The van der Waals surface area contributed by atoms with E-state index in [0.717, 1.165) is 88.9 Å². The SMILES string of the molecule is CC(C)(C)c1ccc(N(c2cccc(-c3ccccc3)c2)c2ccc3cc4c5ccc(N(c6ccc(C(C)(C)C)cc6)c6cccc(-c7ccccc7)c6)cc5n5c6c7cc(-c8ccccc8)ccc7oc6c(c3c2)c45)cc1. The van der Waals surface area contributed by atoms with E-state index in [-0.39, 0.29) is 10.8 Å². The van der Waals surface area contributed by atoms with E-state index >= 15 is 0 Å². The number of benzene rings is 11. The van der Waals surface area contributed by atoms with E-state index in [0.29, 0.717) is 0 Å². The van der Waals surface area contributed by atoms with E-state index in [4.69, 9.17) is 4.42 Å². The maximum absolute atomic E-state index is 7.23. The fraction of sp³-hybridized carbons (Fsp3) is 0.108. The number of hydrogen-bond donors (Lipinski definition) is 0. The van der Waals surface area contributed by atoms with Gasteiger partial charge in [-0.15, -0.1) is 0 Å². The van der Waals surface area contributed by atoms with Crippen LogP contribution in [0.2, 0.25) is 0 Å². The van der Waals surface area contributed by atoms with Crippen molar-refractivity contribution in [3.8, 4) is 33.4 Å². The molecule has 0 N–H and O–H groups in total. The first-order valence-electron chi connectivity index (χ1n) is 27.2. The number of anilines is 6. The van der Waals surface area contributed by atoms with Gasteiger partial charge in [0.2, 0.25) is 0 Å². The number of nitrogens with zero attached hydrogens (tertiary/aromatic N) is 3. The van der Waals surface area contributed by atoms with Crippen molar-refractivity contribution >= 4 is 94.2 Å². The van der Waals surface area contributed by atoms with Crippen LogP contribution in [0.5, 0.6) is 0 Å². The van der Waals surface area contributed by atoms with E-state index < -0.39 is 0 Å². The molecule has 0 radical (unpaired) electrons. The molecule has 0 spiro atoms. The third kappa shape index (κ3) is 7.98. The van der Waals surface area contributed by atoms with Gasteiger partial charge in [0.1, 0.15) is 11.1 Å². The zero-order valence-electron chi connectivity index (χ0n) is 44.9. The number of hydrogen-bond acceptors (Lipinski definition) is 3. The van der Waals surface area contributed by atoms with Gasteiger partial charge in [-0.05, 0) is 157 Å². The van der Waals surface area contributed by atoms with Gasteiger partial charge < -0.3 is 18.6 Å². The molecule has 3 heterocycles. The molecule has 4 heteroatoms. The van der Waals surface area contributed by atoms with Crippen molar-refractivity contribution in [1.82, 2.24) is 4.40 Å². The van der Waals surface area contributed by atoms with Crippen molar-refractivity contribution in [2.45, 2.75) is 52.4 Å². The van der Waals surface area contributed by atoms with E-state index in [1.54, 1.807) is 0 Å². The first-order valence-corrected chi connectivity index (χ1v) is 27.2. The summed E-state index contributed by atoms with van der Waals surface area (Å²) in [5.74, 6) is 0. The Morgan fingerprint density at radius 2 is 0.782 bits per heavy atom. The van der Waals surface area contributed by atoms with Crippen LogP contribution in [0, 0.1) is 0 Å². The number of rotatable bonds is 9. The van der Waals surface area contributed by atoms with Crippen molar-refractivity contribution in [2.24, 2.45) is 0 Å². The second kappa shape index (κ2) is 18.1. The van der Waals surface area contributed by atoms with Crippen LogP contribution in [0.25, 0.3) is 93.4 Å². The van der Waals surface area contributed by atoms with Crippen LogP contribution in [0.3, 0.4) is 0 Å². The summed E-state index contributed by atoms with van der Waals surface area (Å²) in [6, 6.07) is 91.3. The summed E-state index contributed by atoms with van der Waals surface area (Å²) >= 11 is 0. The zero-order chi connectivity index (χ0) is 52.9. The minimum Gasteiger partial charge on any atom is -0.454 e. The average Bonchev–Trinajstić information content (AvgIpc) is 4.33. The van der Waals surface area contributed by atoms with Crippen LogP contribution in [0.1, 0.15) is 52.7 Å². The normalized spacial score (nSPS) is 12.2. The molecule has 4 nitrogen and oxygen atoms in total. The molecule has 0 aliphatic carbocycles. The molecule has 11 aromatic carbocycles. The van der Waals surface area contributed by atoms with E-state index in [1.165, 1.54) is 49.7 Å². The fourth-order valence-corrected chi connectivity index (χ4v) is 11.9. The minimum atomic E-state index is 0.0165. The molecule has 0 bridgehead atoms. The van der Waals surface area contributed by atoms with Gasteiger partial charge in [0, 0.05) is 50.3 Å². The largest absolute Gasteiger partial charge is 0.454 e. The second-order valence-electron chi connectivity index (χ2n) is 23.0. The Balaban J connectivity index is 1.03. The molecule has 14 rings (SSSR count). The molecule has 376 valence electrons. The first-order chi connectivity index (χ1) is 37.9. The minimum absolute atomic E-state index is 0.0165. The van der Waals surface area contributed by atoms with Crippen LogP contribution < -0.4 is 9.80 Å². The summed E-state index contributed by atoms with van der Waals surface area (Å²) in [6.07, 6.45) is 0. The van der Waals surface area contributed by atoms with Crippen molar-refractivity contribution < 1.29 is 4.42 Å². The van der Waals surface area contributed by atoms with Crippen molar-refractivity contribution in [3.63, 3.8) is 0 Å². The molecule has 0 fully saturated rings. The predicted molar refractivity (Wildman–Crippen MR) is 331 cm³/mol. The highest BCUT2D eigenvalue weighted by Crippen LogP contribution is 2.50. The maximum atomic E-state index is 7.23. The fourth-order valence-electron chi connectivity index (χ4n) is 11.9. The van der Waals surface area contributed by atoms with Crippen molar-refractivity contribution in [1.29, 1.82) is 0 Å². The summed E-state index contributed by atoms with van der Waals surface area (Å²) in [6.45, 7) is 13.7. The van der Waals surface area contributed by atoms with Gasteiger partial charge in [0.25, 0.3) is 0 Å². The lowest BCUT2D eigenvalue weighted by atomic mass is 9.87. The lowest BCUT2D eigenvalue weighted by Gasteiger charge is -2.27. The number of furan rings is 1. The molecule has 0 atom stereocenters. The highest BCUT2D eigenvalue weighted by molar-refractivity contribution is 6.33. The Hall–Kier alpha value is -9.38.